The molecule has 1 aliphatic heterocycles. The Hall–Kier alpha value is -4.48. The zero-order chi connectivity index (χ0) is 32.5. The van der Waals surface area contributed by atoms with Crippen molar-refractivity contribution in [1.29, 1.82) is 0 Å². The second-order valence-corrected chi connectivity index (χ2v) is 13.2. The summed E-state index contributed by atoms with van der Waals surface area (Å²) >= 11 is 2.70. The van der Waals surface area contributed by atoms with Gasteiger partial charge >= 0.3 is 6.09 Å². The SMILES string of the molecule is CC(C)[C@H](NC(=O)OCc1ccccc1)C(=O)N1[C@@H](NC(=O)[C@@H](Cc2ccccc2)C(=O)c2nccs2)CS[C@@H]1c1ccccc1. The van der Waals surface area contributed by atoms with Gasteiger partial charge in [-0.05, 0) is 29.0 Å². The molecule has 0 saturated carbocycles. The highest BCUT2D eigenvalue weighted by Crippen LogP contribution is 2.41. The van der Waals surface area contributed by atoms with Crippen LogP contribution in [0.3, 0.4) is 0 Å². The van der Waals surface area contributed by atoms with Crippen molar-refractivity contribution in [2.24, 2.45) is 11.8 Å². The van der Waals surface area contributed by atoms with Crippen LogP contribution in [-0.2, 0) is 27.4 Å². The molecule has 4 aromatic rings. The number of Topliss-reactive ketones (excluding diaryl/α,β-unsaturated/α-hetero) is 1. The normalized spacial score (nSPS) is 17.2. The molecular formula is C35H36N4O5S2. The van der Waals surface area contributed by atoms with Gasteiger partial charge in [-0.25, -0.2) is 9.78 Å². The highest BCUT2D eigenvalue weighted by atomic mass is 32.2. The van der Waals surface area contributed by atoms with Crippen molar-refractivity contribution >= 4 is 46.8 Å². The number of carbonyl (C=O) groups excluding carboxylic acids is 4. The van der Waals surface area contributed by atoms with E-state index in [0.29, 0.717) is 5.75 Å². The van der Waals surface area contributed by atoms with Crippen LogP contribution in [0.4, 0.5) is 4.79 Å². The largest absolute Gasteiger partial charge is 0.445 e. The lowest BCUT2D eigenvalue weighted by atomic mass is 9.94. The van der Waals surface area contributed by atoms with Crippen molar-refractivity contribution in [1.82, 2.24) is 20.5 Å². The molecule has 0 aliphatic carbocycles. The van der Waals surface area contributed by atoms with Crippen molar-refractivity contribution in [3.8, 4) is 0 Å². The second kappa shape index (κ2) is 15.7. The van der Waals surface area contributed by atoms with Gasteiger partial charge in [0.25, 0.3) is 0 Å². The van der Waals surface area contributed by atoms with Crippen molar-refractivity contribution in [2.75, 3.05) is 5.75 Å². The first-order chi connectivity index (χ1) is 22.3. The number of aromatic nitrogens is 1. The Morgan fingerprint density at radius 2 is 1.54 bits per heavy atom. The van der Waals surface area contributed by atoms with Crippen molar-refractivity contribution < 1.29 is 23.9 Å². The molecule has 1 fully saturated rings. The number of benzene rings is 3. The van der Waals surface area contributed by atoms with Crippen LogP contribution < -0.4 is 10.6 Å². The van der Waals surface area contributed by atoms with Gasteiger partial charge in [0, 0.05) is 17.3 Å². The molecule has 1 saturated heterocycles. The monoisotopic (exact) mass is 656 g/mol. The molecule has 0 unspecified atom stereocenters. The van der Waals surface area contributed by atoms with Crippen molar-refractivity contribution in [2.45, 2.75) is 44.5 Å². The minimum atomic E-state index is -1.04. The number of thioether (sulfide) groups is 1. The van der Waals surface area contributed by atoms with E-state index in [2.05, 4.69) is 15.6 Å². The lowest BCUT2D eigenvalue weighted by molar-refractivity contribution is -0.138. The molecule has 0 spiro atoms. The summed E-state index contributed by atoms with van der Waals surface area (Å²) < 4.78 is 5.44. The Morgan fingerprint density at radius 3 is 2.15 bits per heavy atom. The zero-order valence-corrected chi connectivity index (χ0v) is 27.2. The molecule has 1 aliphatic rings. The molecule has 0 radical (unpaired) electrons. The minimum absolute atomic E-state index is 0.0620. The molecule has 11 heteroatoms. The molecule has 46 heavy (non-hydrogen) atoms. The molecule has 2 N–H and O–H groups in total. The number of nitrogens with zero attached hydrogens (tertiary/aromatic N) is 2. The average Bonchev–Trinajstić information content (AvgIpc) is 3.77. The molecule has 3 aromatic carbocycles. The summed E-state index contributed by atoms with van der Waals surface area (Å²) in [5.74, 6) is -2.16. The minimum Gasteiger partial charge on any atom is -0.445 e. The fraction of sp³-hybridized carbons (Fsp3) is 0.286. The van der Waals surface area contributed by atoms with Crippen LogP contribution in [0.15, 0.2) is 103 Å². The Morgan fingerprint density at radius 1 is 0.913 bits per heavy atom. The molecule has 4 atom stereocenters. The number of hydrogen-bond donors (Lipinski definition) is 2. The predicted octanol–water partition coefficient (Wildman–Crippen LogP) is 5.85. The van der Waals surface area contributed by atoms with Gasteiger partial charge in [-0.1, -0.05) is 105 Å². The van der Waals surface area contributed by atoms with Crippen LogP contribution in [-0.4, -0.2) is 51.5 Å². The third-order valence-corrected chi connectivity index (χ3v) is 9.74. The summed E-state index contributed by atoms with van der Waals surface area (Å²) in [5, 5.41) is 7.32. The highest BCUT2D eigenvalue weighted by molar-refractivity contribution is 7.99. The number of rotatable bonds is 12. The molecular weight excluding hydrogens is 621 g/mol. The first-order valence-electron chi connectivity index (χ1n) is 15.1. The fourth-order valence-corrected chi connectivity index (χ4v) is 7.24. The summed E-state index contributed by atoms with van der Waals surface area (Å²) in [6.07, 6.45) is 0.278. The van der Waals surface area contributed by atoms with Gasteiger partial charge in [0.1, 0.15) is 30.1 Å². The Balaban J connectivity index is 1.38. The van der Waals surface area contributed by atoms with Crippen molar-refractivity contribution in [3.05, 3.63) is 124 Å². The summed E-state index contributed by atoms with van der Waals surface area (Å²) in [4.78, 5) is 60.5. The van der Waals surface area contributed by atoms with Crippen LogP contribution in [0.25, 0.3) is 0 Å². The zero-order valence-electron chi connectivity index (χ0n) is 25.6. The summed E-state index contributed by atoms with van der Waals surface area (Å²) in [6, 6.07) is 27.3. The van der Waals surface area contributed by atoms with Gasteiger partial charge in [-0.3, -0.25) is 14.4 Å². The second-order valence-electron chi connectivity index (χ2n) is 11.2. The van der Waals surface area contributed by atoms with Crippen LogP contribution in [0, 0.1) is 11.8 Å². The summed E-state index contributed by atoms with van der Waals surface area (Å²) in [5.41, 5.74) is 2.54. The smallest absolute Gasteiger partial charge is 0.408 e. The third kappa shape index (κ3) is 8.21. The third-order valence-electron chi connectivity index (χ3n) is 7.63. The molecule has 9 nitrogen and oxygen atoms in total. The Bertz CT molecular complexity index is 1600. The Kier molecular flexibility index (Phi) is 11.2. The number of alkyl carbamates (subject to hydrolysis) is 1. The molecule has 1 aromatic heterocycles. The fourth-order valence-electron chi connectivity index (χ4n) is 5.24. The number of carbonyl (C=O) groups is 4. The summed E-state index contributed by atoms with van der Waals surface area (Å²) in [7, 11) is 0. The highest BCUT2D eigenvalue weighted by Gasteiger charge is 2.44. The number of hydrogen-bond acceptors (Lipinski definition) is 8. The van der Waals surface area contributed by atoms with E-state index in [1.54, 1.807) is 10.3 Å². The number of ether oxygens (including phenoxy) is 1. The first kappa shape index (κ1) is 32.9. The molecule has 0 bridgehead atoms. The van der Waals surface area contributed by atoms with E-state index in [0.717, 1.165) is 16.7 Å². The lowest BCUT2D eigenvalue weighted by Gasteiger charge is -2.35. The number of amides is 3. The van der Waals surface area contributed by atoms with Gasteiger partial charge < -0.3 is 20.3 Å². The van der Waals surface area contributed by atoms with Gasteiger partial charge in [-0.15, -0.1) is 23.1 Å². The number of thiazole rings is 1. The van der Waals surface area contributed by atoms with Crippen LogP contribution in [0.1, 0.15) is 45.7 Å². The molecule has 5 rings (SSSR count). The van der Waals surface area contributed by atoms with E-state index in [4.69, 9.17) is 4.74 Å². The topological polar surface area (TPSA) is 118 Å². The van der Waals surface area contributed by atoms with E-state index in [1.807, 2.05) is 105 Å². The quantitative estimate of drug-likeness (QED) is 0.145. The van der Waals surface area contributed by atoms with E-state index in [1.165, 1.54) is 29.3 Å². The first-order valence-corrected chi connectivity index (χ1v) is 17.0. The van der Waals surface area contributed by atoms with Crippen LogP contribution in [0.2, 0.25) is 0 Å². The molecule has 2 heterocycles. The van der Waals surface area contributed by atoms with E-state index < -0.39 is 35.5 Å². The summed E-state index contributed by atoms with van der Waals surface area (Å²) in [6.45, 7) is 3.75. The van der Waals surface area contributed by atoms with E-state index in [9.17, 15) is 19.2 Å². The predicted molar refractivity (Wildman–Crippen MR) is 179 cm³/mol. The maximum atomic E-state index is 14.4. The van der Waals surface area contributed by atoms with E-state index >= 15 is 0 Å². The molecule has 3 amide bonds. The van der Waals surface area contributed by atoms with Crippen molar-refractivity contribution in [3.63, 3.8) is 0 Å². The number of ketones is 1. The Labute approximate surface area is 276 Å². The maximum Gasteiger partial charge on any atom is 0.408 e. The van der Waals surface area contributed by atoms with Crippen LogP contribution in [0.5, 0.6) is 0 Å². The average molecular weight is 657 g/mol. The van der Waals surface area contributed by atoms with E-state index in [-0.39, 0.29) is 35.6 Å². The van der Waals surface area contributed by atoms with Gasteiger partial charge in [-0.2, -0.15) is 0 Å². The van der Waals surface area contributed by atoms with Crippen LogP contribution >= 0.6 is 23.1 Å². The number of nitrogens with one attached hydrogen (secondary N) is 2. The van der Waals surface area contributed by atoms with Gasteiger partial charge in [0.2, 0.25) is 17.6 Å². The standard InChI is InChI=1S/C35H36N4O5S2/c1-23(2)29(38-35(43)44-21-25-14-8-4-9-15-25)33(42)39-28(22-46-34(39)26-16-10-5-11-17-26)37-31(41)27(20-24-12-6-3-7-13-24)30(40)32-36-18-19-45-32/h3-19,23,27-29,34H,20-22H2,1-2H3,(H,37,41)(H,38,43)/t27-,28+,29-,34+/m0/s1. The lowest BCUT2D eigenvalue weighted by Crippen LogP contribution is -2.58. The molecule has 238 valence electrons. The van der Waals surface area contributed by atoms with Gasteiger partial charge in [0.05, 0.1) is 0 Å². The maximum absolute atomic E-state index is 14.4. The van der Waals surface area contributed by atoms with Gasteiger partial charge in [0.15, 0.2) is 5.01 Å².